The van der Waals surface area contributed by atoms with Crippen molar-refractivity contribution in [3.05, 3.63) is 28.7 Å². The monoisotopic (exact) mass is 277 g/mol. The van der Waals surface area contributed by atoms with Crippen molar-refractivity contribution in [2.45, 2.75) is 27.2 Å². The van der Waals surface area contributed by atoms with Gasteiger partial charge in [0.15, 0.2) is 0 Å². The number of carbonyl (C=O) groups is 2. The third-order valence-electron chi connectivity index (χ3n) is 2.60. The molecule has 0 aliphatic rings. The fourth-order valence-electron chi connectivity index (χ4n) is 1.75. The Balaban J connectivity index is 0.000000956. The molecule has 6 nitrogen and oxygen atoms in total. The third-order valence-corrected chi connectivity index (χ3v) is 2.60. The number of H-pyrrole nitrogens is 1. The van der Waals surface area contributed by atoms with Crippen molar-refractivity contribution >= 4 is 28.4 Å². The van der Waals surface area contributed by atoms with Gasteiger partial charge in [0.05, 0.1) is 17.5 Å². The molecule has 0 saturated carbocycles. The molecule has 1 amide bonds. The molecule has 1 heterocycles. The first-order valence-electron chi connectivity index (χ1n) is 6.45. The molecule has 0 radical (unpaired) electrons. The normalized spacial score (nSPS) is 9.80. The Hall–Kier alpha value is -2.37. The summed E-state index contributed by atoms with van der Waals surface area (Å²) in [6.45, 7) is 5.36. The number of rotatable bonds is 3. The number of anilines is 1. The summed E-state index contributed by atoms with van der Waals surface area (Å²) >= 11 is 0. The highest BCUT2D eigenvalue weighted by molar-refractivity contribution is 6.04. The van der Waals surface area contributed by atoms with Crippen LogP contribution < -0.4 is 11.0 Å². The van der Waals surface area contributed by atoms with E-state index in [1.165, 1.54) is 11.5 Å². The zero-order valence-corrected chi connectivity index (χ0v) is 12.1. The molecule has 6 heteroatoms. The van der Waals surface area contributed by atoms with Crippen LogP contribution in [0.5, 0.6) is 0 Å². The summed E-state index contributed by atoms with van der Waals surface area (Å²) in [5, 5.41) is 2.60. The highest BCUT2D eigenvalue weighted by Crippen LogP contribution is 2.16. The van der Waals surface area contributed by atoms with Gasteiger partial charge in [-0.15, -0.1) is 0 Å². The molecule has 20 heavy (non-hydrogen) atoms. The summed E-state index contributed by atoms with van der Waals surface area (Å²) in [5.74, 6) is -0.554. The average Bonchev–Trinajstić information content (AvgIpc) is 2.66. The van der Waals surface area contributed by atoms with E-state index < -0.39 is 0 Å². The van der Waals surface area contributed by atoms with Crippen molar-refractivity contribution in [3.63, 3.8) is 0 Å². The molecule has 2 rings (SSSR count). The van der Waals surface area contributed by atoms with Gasteiger partial charge in [-0.2, -0.15) is 0 Å². The number of hydrogen-bond donors (Lipinski definition) is 2. The quantitative estimate of drug-likeness (QED) is 0.839. The molecular formula is C14H19N3O3. The van der Waals surface area contributed by atoms with Crippen LogP contribution in [0.4, 0.5) is 5.69 Å². The maximum absolute atomic E-state index is 11.4. The maximum atomic E-state index is 11.4. The lowest BCUT2D eigenvalue weighted by atomic mass is 10.2. The summed E-state index contributed by atoms with van der Waals surface area (Å²) in [4.78, 5) is 36.3. The minimum absolute atomic E-state index is 0.149. The number of carbonyl (C=O) groups excluding carboxylic acids is 2. The summed E-state index contributed by atoms with van der Waals surface area (Å²) in [5.41, 5.74) is 1.74. The van der Waals surface area contributed by atoms with E-state index in [1.807, 2.05) is 13.8 Å². The van der Waals surface area contributed by atoms with Crippen LogP contribution in [0.15, 0.2) is 23.0 Å². The molecular weight excluding hydrogens is 258 g/mol. The summed E-state index contributed by atoms with van der Waals surface area (Å²) < 4.78 is 1.48. The fourth-order valence-corrected chi connectivity index (χ4v) is 1.75. The van der Waals surface area contributed by atoms with E-state index in [-0.39, 0.29) is 23.8 Å². The lowest BCUT2D eigenvalue weighted by molar-refractivity contribution is -0.124. The predicted octanol–water partition coefficient (Wildman–Crippen LogP) is 1.81. The van der Waals surface area contributed by atoms with Gasteiger partial charge in [-0.25, -0.2) is 4.79 Å². The number of amides is 1. The smallest absolute Gasteiger partial charge is 0.326 e. The number of fused-ring (bicyclic) bond motifs is 1. The Kier molecular flexibility index (Phi) is 5.25. The van der Waals surface area contributed by atoms with Crippen LogP contribution in [0.25, 0.3) is 11.0 Å². The Morgan fingerprint density at radius 3 is 2.55 bits per heavy atom. The topological polar surface area (TPSA) is 84.0 Å². The molecule has 0 spiro atoms. The van der Waals surface area contributed by atoms with Gasteiger partial charge in [0.25, 0.3) is 0 Å². The van der Waals surface area contributed by atoms with E-state index in [4.69, 9.17) is 0 Å². The molecule has 2 N–H and O–H groups in total. The number of nitrogens with one attached hydrogen (secondary N) is 2. The molecule has 108 valence electrons. The van der Waals surface area contributed by atoms with Crippen molar-refractivity contribution in [3.8, 4) is 0 Å². The predicted molar refractivity (Wildman–Crippen MR) is 78.8 cm³/mol. The molecule has 0 bridgehead atoms. The van der Waals surface area contributed by atoms with Gasteiger partial charge in [-0.05, 0) is 25.1 Å². The first-order chi connectivity index (χ1) is 9.47. The van der Waals surface area contributed by atoms with Crippen molar-refractivity contribution in [1.29, 1.82) is 0 Å². The Morgan fingerprint density at radius 1 is 1.30 bits per heavy atom. The van der Waals surface area contributed by atoms with Crippen LogP contribution in [0, 0.1) is 0 Å². The number of aromatic nitrogens is 2. The number of hydrogen-bond acceptors (Lipinski definition) is 3. The van der Waals surface area contributed by atoms with Crippen LogP contribution >= 0.6 is 0 Å². The lowest BCUT2D eigenvalue weighted by Gasteiger charge is -2.03. The highest BCUT2D eigenvalue weighted by atomic mass is 16.2. The second-order valence-electron chi connectivity index (χ2n) is 4.15. The van der Waals surface area contributed by atoms with Gasteiger partial charge in [-0.1, -0.05) is 13.8 Å². The number of nitrogens with zero attached hydrogens (tertiary/aromatic N) is 1. The molecule has 1 aromatic carbocycles. The maximum Gasteiger partial charge on any atom is 0.326 e. The van der Waals surface area contributed by atoms with Crippen LogP contribution in [-0.2, 0) is 16.6 Å². The zero-order valence-electron chi connectivity index (χ0n) is 12.1. The van der Waals surface area contributed by atoms with E-state index >= 15 is 0 Å². The summed E-state index contributed by atoms with van der Waals surface area (Å²) in [6.07, 6.45) is -0.149. The third kappa shape index (κ3) is 3.57. The molecule has 0 aliphatic carbocycles. The molecule has 0 unspecified atom stereocenters. The molecule has 0 saturated heterocycles. The summed E-state index contributed by atoms with van der Waals surface area (Å²) in [7, 11) is 1.66. The Bertz CT molecular complexity index is 683. The molecule has 0 fully saturated rings. The van der Waals surface area contributed by atoms with E-state index in [1.54, 1.807) is 25.2 Å². The van der Waals surface area contributed by atoms with Crippen LogP contribution in [0.2, 0.25) is 0 Å². The van der Waals surface area contributed by atoms with Gasteiger partial charge < -0.3 is 10.3 Å². The van der Waals surface area contributed by atoms with Crippen molar-refractivity contribution in [1.82, 2.24) is 9.55 Å². The largest absolute Gasteiger partial charge is 0.326 e. The van der Waals surface area contributed by atoms with E-state index in [9.17, 15) is 14.4 Å². The van der Waals surface area contributed by atoms with Crippen molar-refractivity contribution in [2.75, 3.05) is 5.32 Å². The van der Waals surface area contributed by atoms with Crippen LogP contribution in [0.3, 0.4) is 0 Å². The number of aryl methyl sites for hydroxylation is 1. The summed E-state index contributed by atoms with van der Waals surface area (Å²) in [6, 6.07) is 5.08. The minimum Gasteiger partial charge on any atom is -0.326 e. The lowest BCUT2D eigenvalue weighted by Crippen LogP contribution is -2.14. The van der Waals surface area contributed by atoms with Gasteiger partial charge in [0.1, 0.15) is 5.78 Å². The SMILES string of the molecule is CC.CC(=O)CC(=O)Nc1ccc2c(c1)[nH]c(=O)n2C. The van der Waals surface area contributed by atoms with Crippen molar-refractivity contribution in [2.24, 2.45) is 7.05 Å². The number of Topliss-reactive ketones (excluding diaryl/α,β-unsaturated/α-hetero) is 1. The second kappa shape index (κ2) is 6.70. The Labute approximate surface area is 116 Å². The molecule has 2 aromatic rings. The molecule has 0 atom stereocenters. The van der Waals surface area contributed by atoms with Crippen LogP contribution in [0.1, 0.15) is 27.2 Å². The highest BCUT2D eigenvalue weighted by Gasteiger charge is 2.07. The number of ketones is 1. The first kappa shape index (κ1) is 15.7. The van der Waals surface area contributed by atoms with Crippen LogP contribution in [-0.4, -0.2) is 21.2 Å². The van der Waals surface area contributed by atoms with Gasteiger partial charge >= 0.3 is 5.69 Å². The zero-order chi connectivity index (χ0) is 15.3. The van der Waals surface area contributed by atoms with E-state index in [2.05, 4.69) is 10.3 Å². The first-order valence-corrected chi connectivity index (χ1v) is 6.45. The standard InChI is InChI=1S/C12H13N3O3.C2H6/c1-7(16)5-11(17)13-8-3-4-10-9(6-8)14-12(18)15(10)2;1-2/h3-4,6H,5H2,1-2H3,(H,13,17)(H,14,18);1-2H3. The number of benzene rings is 1. The second-order valence-corrected chi connectivity index (χ2v) is 4.15. The van der Waals surface area contributed by atoms with E-state index in [0.717, 1.165) is 5.52 Å². The molecule has 1 aromatic heterocycles. The minimum atomic E-state index is -0.361. The average molecular weight is 277 g/mol. The number of imidazole rings is 1. The Morgan fingerprint density at radius 2 is 1.95 bits per heavy atom. The van der Waals surface area contributed by atoms with E-state index in [0.29, 0.717) is 11.2 Å². The van der Waals surface area contributed by atoms with Gasteiger partial charge in [-0.3, -0.25) is 14.2 Å². The van der Waals surface area contributed by atoms with Gasteiger partial charge in [0.2, 0.25) is 5.91 Å². The number of aromatic amines is 1. The van der Waals surface area contributed by atoms with Gasteiger partial charge in [0, 0.05) is 12.7 Å². The fraction of sp³-hybridized carbons (Fsp3) is 0.357. The van der Waals surface area contributed by atoms with Crippen molar-refractivity contribution < 1.29 is 9.59 Å². The molecule has 0 aliphatic heterocycles.